The molecule has 0 radical (unpaired) electrons. The summed E-state index contributed by atoms with van der Waals surface area (Å²) in [6.45, 7) is 1.89. The van der Waals surface area contributed by atoms with Gasteiger partial charge in [-0.25, -0.2) is 4.79 Å². The summed E-state index contributed by atoms with van der Waals surface area (Å²) >= 11 is 1.37. The first kappa shape index (κ1) is 24.8. The molecule has 0 spiro atoms. The minimum absolute atomic E-state index is 0.0973. The van der Waals surface area contributed by atoms with Crippen LogP contribution in [0, 0.1) is 6.92 Å². The van der Waals surface area contributed by atoms with Crippen molar-refractivity contribution in [2.45, 2.75) is 17.1 Å². The second kappa shape index (κ2) is 11.4. The topological polar surface area (TPSA) is 95.5 Å². The molecule has 180 valence electrons. The lowest BCUT2D eigenvalue weighted by Crippen LogP contribution is -2.19. The first-order chi connectivity index (χ1) is 17.4. The van der Waals surface area contributed by atoms with Gasteiger partial charge in [0.1, 0.15) is 5.25 Å². The maximum Gasteiger partial charge on any atom is 0.335 e. The van der Waals surface area contributed by atoms with E-state index in [2.05, 4.69) is 10.6 Å². The Morgan fingerprint density at radius 2 is 1.44 bits per heavy atom. The van der Waals surface area contributed by atoms with E-state index in [1.807, 2.05) is 67.6 Å². The van der Waals surface area contributed by atoms with Gasteiger partial charge in [0.25, 0.3) is 5.91 Å². The van der Waals surface area contributed by atoms with Gasteiger partial charge in [-0.05, 0) is 66.6 Å². The Morgan fingerprint density at radius 3 is 2.14 bits per heavy atom. The van der Waals surface area contributed by atoms with Crippen molar-refractivity contribution >= 4 is 40.9 Å². The van der Waals surface area contributed by atoms with Crippen LogP contribution in [0.1, 0.15) is 37.1 Å². The van der Waals surface area contributed by atoms with Gasteiger partial charge in [-0.15, -0.1) is 11.8 Å². The Labute approximate surface area is 213 Å². The average Bonchev–Trinajstić information content (AvgIpc) is 2.89. The third kappa shape index (κ3) is 6.20. The number of carbonyl (C=O) groups excluding carboxylic acids is 2. The lowest BCUT2D eigenvalue weighted by Gasteiger charge is -2.17. The molecule has 0 aliphatic heterocycles. The number of aromatic carboxylic acids is 1. The van der Waals surface area contributed by atoms with Crippen molar-refractivity contribution in [1.29, 1.82) is 0 Å². The third-order valence-corrected chi connectivity index (χ3v) is 6.74. The van der Waals surface area contributed by atoms with Crippen LogP contribution in [0.5, 0.6) is 0 Å². The van der Waals surface area contributed by atoms with Gasteiger partial charge in [0, 0.05) is 21.8 Å². The van der Waals surface area contributed by atoms with Crippen LogP contribution in [0.15, 0.2) is 108 Å². The summed E-state index contributed by atoms with van der Waals surface area (Å²) in [5, 5.41) is 14.4. The molecule has 0 aliphatic rings. The van der Waals surface area contributed by atoms with Crippen LogP contribution in [0.2, 0.25) is 0 Å². The summed E-state index contributed by atoms with van der Waals surface area (Å²) in [4.78, 5) is 38.0. The Bertz CT molecular complexity index is 1390. The molecule has 6 nitrogen and oxygen atoms in total. The molecule has 0 bridgehead atoms. The van der Waals surface area contributed by atoms with Crippen molar-refractivity contribution in [3.8, 4) is 0 Å². The van der Waals surface area contributed by atoms with Gasteiger partial charge in [-0.1, -0.05) is 54.6 Å². The lowest BCUT2D eigenvalue weighted by atomic mass is 10.1. The second-order valence-electron chi connectivity index (χ2n) is 8.08. The quantitative estimate of drug-likeness (QED) is 0.245. The number of carboxylic acid groups (broad SMARTS) is 1. The monoisotopic (exact) mass is 496 g/mol. The normalized spacial score (nSPS) is 11.4. The van der Waals surface area contributed by atoms with Crippen LogP contribution in [-0.4, -0.2) is 22.9 Å². The van der Waals surface area contributed by atoms with Crippen LogP contribution < -0.4 is 10.6 Å². The third-order valence-electron chi connectivity index (χ3n) is 5.47. The summed E-state index contributed by atoms with van der Waals surface area (Å²) in [6, 6.07) is 30.2. The summed E-state index contributed by atoms with van der Waals surface area (Å²) in [5.74, 6) is -1.51. The molecule has 0 aliphatic carbocycles. The molecule has 1 unspecified atom stereocenters. The van der Waals surface area contributed by atoms with E-state index in [1.165, 1.54) is 23.9 Å². The van der Waals surface area contributed by atoms with E-state index in [4.69, 9.17) is 0 Å². The Kier molecular flexibility index (Phi) is 7.82. The van der Waals surface area contributed by atoms with Gasteiger partial charge in [0.2, 0.25) is 5.91 Å². The number of carboxylic acids is 1. The van der Waals surface area contributed by atoms with Gasteiger partial charge in [-0.2, -0.15) is 0 Å². The van der Waals surface area contributed by atoms with E-state index in [0.29, 0.717) is 16.9 Å². The molecular weight excluding hydrogens is 472 g/mol. The predicted molar refractivity (Wildman–Crippen MR) is 143 cm³/mol. The second-order valence-corrected chi connectivity index (χ2v) is 9.26. The molecule has 4 aromatic rings. The molecule has 36 heavy (non-hydrogen) atoms. The zero-order valence-electron chi connectivity index (χ0n) is 19.5. The van der Waals surface area contributed by atoms with Gasteiger partial charge in [0.15, 0.2) is 0 Å². The highest BCUT2D eigenvalue weighted by Crippen LogP contribution is 2.36. The Morgan fingerprint density at radius 1 is 0.750 bits per heavy atom. The van der Waals surface area contributed by atoms with E-state index in [9.17, 15) is 19.5 Å². The highest BCUT2D eigenvalue weighted by Gasteiger charge is 2.22. The van der Waals surface area contributed by atoms with Crippen LogP contribution in [0.25, 0.3) is 0 Å². The fraction of sp³-hybridized carbons (Fsp3) is 0.0690. The maximum atomic E-state index is 13.3. The standard InChI is InChI=1S/C29H24N2O4S/c1-19-8-5-6-13-25(19)27(32)30-22-14-16-24(17-15-22)36-26(20-9-3-2-4-10-20)28(33)31-23-12-7-11-21(18-23)29(34)35/h2-18,26H,1H3,(H,30,32)(H,31,33)(H,34,35). The minimum Gasteiger partial charge on any atom is -0.478 e. The SMILES string of the molecule is Cc1ccccc1C(=O)Nc1ccc(SC(C(=O)Nc2cccc(C(=O)O)c2)c2ccccc2)cc1. The molecule has 0 fully saturated rings. The average molecular weight is 497 g/mol. The Balaban J connectivity index is 1.50. The molecule has 2 amide bonds. The molecule has 4 aromatic carbocycles. The van der Waals surface area contributed by atoms with Gasteiger partial charge in [-0.3, -0.25) is 9.59 Å². The predicted octanol–water partition coefficient (Wildman–Crippen LogP) is 6.42. The first-order valence-corrected chi connectivity index (χ1v) is 12.1. The fourth-order valence-electron chi connectivity index (χ4n) is 3.62. The molecule has 0 heterocycles. The number of rotatable bonds is 8. The highest BCUT2D eigenvalue weighted by atomic mass is 32.2. The zero-order valence-corrected chi connectivity index (χ0v) is 20.3. The molecular formula is C29H24N2O4S. The van der Waals surface area contributed by atoms with Crippen LogP contribution in [0.3, 0.4) is 0 Å². The number of amides is 2. The van der Waals surface area contributed by atoms with Crippen molar-refractivity contribution in [3.05, 3.63) is 125 Å². The number of hydrogen-bond acceptors (Lipinski definition) is 4. The molecule has 3 N–H and O–H groups in total. The summed E-state index contributed by atoms with van der Waals surface area (Å²) < 4.78 is 0. The summed E-state index contributed by atoms with van der Waals surface area (Å²) in [7, 11) is 0. The minimum atomic E-state index is -1.06. The molecule has 1 atom stereocenters. The number of hydrogen-bond donors (Lipinski definition) is 3. The van der Waals surface area contributed by atoms with Crippen LogP contribution in [0.4, 0.5) is 11.4 Å². The van der Waals surface area contributed by atoms with Crippen molar-refractivity contribution in [3.63, 3.8) is 0 Å². The fourth-order valence-corrected chi connectivity index (χ4v) is 4.64. The summed E-state index contributed by atoms with van der Waals surface area (Å²) in [6.07, 6.45) is 0. The summed E-state index contributed by atoms with van der Waals surface area (Å²) in [5.41, 5.74) is 3.48. The van der Waals surface area contributed by atoms with E-state index in [0.717, 1.165) is 16.0 Å². The molecule has 0 saturated heterocycles. The van der Waals surface area contributed by atoms with Gasteiger partial charge >= 0.3 is 5.97 Å². The zero-order chi connectivity index (χ0) is 25.5. The number of benzene rings is 4. The molecule has 0 saturated carbocycles. The number of anilines is 2. The molecule has 7 heteroatoms. The van der Waals surface area contributed by atoms with E-state index < -0.39 is 11.2 Å². The first-order valence-electron chi connectivity index (χ1n) is 11.2. The molecule has 0 aromatic heterocycles. The largest absolute Gasteiger partial charge is 0.478 e. The number of thioether (sulfide) groups is 1. The van der Waals surface area contributed by atoms with Gasteiger partial charge in [0.05, 0.1) is 5.56 Å². The van der Waals surface area contributed by atoms with E-state index in [-0.39, 0.29) is 17.4 Å². The number of aryl methyl sites for hydroxylation is 1. The number of nitrogens with one attached hydrogen (secondary N) is 2. The molecule has 4 rings (SSSR count). The van der Waals surface area contributed by atoms with Crippen LogP contribution in [-0.2, 0) is 4.79 Å². The van der Waals surface area contributed by atoms with Crippen molar-refractivity contribution < 1.29 is 19.5 Å². The lowest BCUT2D eigenvalue weighted by molar-refractivity contribution is -0.115. The van der Waals surface area contributed by atoms with Crippen molar-refractivity contribution in [2.75, 3.05) is 10.6 Å². The van der Waals surface area contributed by atoms with Crippen molar-refractivity contribution in [1.82, 2.24) is 0 Å². The van der Waals surface area contributed by atoms with E-state index >= 15 is 0 Å². The smallest absolute Gasteiger partial charge is 0.335 e. The van der Waals surface area contributed by atoms with Crippen molar-refractivity contribution in [2.24, 2.45) is 0 Å². The van der Waals surface area contributed by atoms with E-state index in [1.54, 1.807) is 30.3 Å². The Hall–Kier alpha value is -4.36. The highest BCUT2D eigenvalue weighted by molar-refractivity contribution is 8.00. The van der Waals surface area contributed by atoms with Gasteiger partial charge < -0.3 is 15.7 Å². The maximum absolute atomic E-state index is 13.3. The number of carbonyl (C=O) groups is 3. The van der Waals surface area contributed by atoms with Crippen LogP contribution >= 0.6 is 11.8 Å².